The average Bonchev–Trinajstić information content (AvgIpc) is 2.62. The zero-order valence-electron chi connectivity index (χ0n) is 13.2. The summed E-state index contributed by atoms with van der Waals surface area (Å²) in [6, 6.07) is 6.27. The number of halogens is 1. The summed E-state index contributed by atoms with van der Waals surface area (Å²) in [6.07, 6.45) is 0. The van der Waals surface area contributed by atoms with Gasteiger partial charge in [0.05, 0.1) is 19.8 Å². The Bertz CT molecular complexity index is 566. The lowest BCUT2D eigenvalue weighted by molar-refractivity contribution is -0.930. The molecule has 5 nitrogen and oxygen atoms in total. The molecule has 1 aromatic carbocycles. The number of quaternary nitrogens is 2. The second-order valence-electron chi connectivity index (χ2n) is 6.33. The van der Waals surface area contributed by atoms with E-state index >= 15 is 0 Å². The lowest BCUT2D eigenvalue weighted by Crippen LogP contribution is -2.75. The van der Waals surface area contributed by atoms with Crippen molar-refractivity contribution in [3.63, 3.8) is 0 Å². The van der Waals surface area contributed by atoms with E-state index in [9.17, 15) is 4.79 Å². The van der Waals surface area contributed by atoms with Gasteiger partial charge >= 0.3 is 5.97 Å². The highest BCUT2D eigenvalue weighted by Gasteiger charge is 2.51. The number of alkyl halides is 1. The maximum absolute atomic E-state index is 11.9. The van der Waals surface area contributed by atoms with Gasteiger partial charge in [-0.3, -0.25) is 8.97 Å². The van der Waals surface area contributed by atoms with Crippen LogP contribution in [-0.4, -0.2) is 69.9 Å². The predicted molar refractivity (Wildman–Crippen MR) is 86.3 cm³/mol. The minimum Gasteiger partial charge on any atom is -0.491 e. The minimum atomic E-state index is -0.304. The van der Waals surface area contributed by atoms with Crippen molar-refractivity contribution >= 4 is 23.3 Å². The van der Waals surface area contributed by atoms with Gasteiger partial charge in [-0.15, -0.1) is 0 Å². The van der Waals surface area contributed by atoms with Gasteiger partial charge in [0.1, 0.15) is 39.3 Å². The number of ether oxygens (including phenoxy) is 2. The van der Waals surface area contributed by atoms with E-state index in [1.54, 1.807) is 13.2 Å². The van der Waals surface area contributed by atoms with E-state index in [0.29, 0.717) is 11.6 Å². The topological polar surface area (TPSA) is 35.5 Å². The van der Waals surface area contributed by atoms with Crippen LogP contribution in [-0.2, 0) is 4.74 Å². The van der Waals surface area contributed by atoms with E-state index in [4.69, 9.17) is 21.1 Å². The number of rotatable bonds is 4. The largest absolute Gasteiger partial charge is 0.491 e. The molecular weight excluding hydrogens is 304 g/mol. The van der Waals surface area contributed by atoms with E-state index in [2.05, 4.69) is 0 Å². The highest BCUT2D eigenvalue weighted by molar-refractivity contribution is 6.17. The van der Waals surface area contributed by atoms with E-state index in [1.165, 1.54) is 7.11 Å². The number of benzene rings is 1. The highest BCUT2D eigenvalue weighted by Crippen LogP contribution is 2.39. The quantitative estimate of drug-likeness (QED) is 0.366. The van der Waals surface area contributed by atoms with Crippen molar-refractivity contribution in [3.8, 4) is 5.75 Å². The molecule has 3 heterocycles. The smallest absolute Gasteiger partial charge is 0.338 e. The first-order chi connectivity index (χ1) is 10.6. The van der Waals surface area contributed by atoms with Crippen molar-refractivity contribution in [2.45, 2.75) is 0 Å². The molecule has 4 rings (SSSR count). The van der Waals surface area contributed by atoms with E-state index < -0.39 is 0 Å². The van der Waals surface area contributed by atoms with E-state index in [1.807, 2.05) is 12.1 Å². The Balaban J connectivity index is 1.99. The van der Waals surface area contributed by atoms with Gasteiger partial charge in [-0.05, 0) is 12.1 Å². The van der Waals surface area contributed by atoms with E-state index in [-0.39, 0.29) is 5.97 Å². The lowest BCUT2D eigenvalue weighted by atomic mass is 10.0. The Morgan fingerprint density at radius 1 is 1.14 bits per heavy atom. The first-order valence-corrected chi connectivity index (χ1v) is 8.16. The van der Waals surface area contributed by atoms with Crippen LogP contribution in [0.15, 0.2) is 18.2 Å². The Morgan fingerprint density at radius 3 is 2.27 bits per heavy atom. The molecule has 2 bridgehead atoms. The molecule has 3 fully saturated rings. The zero-order chi connectivity index (χ0) is 15.8. The fraction of sp³-hybridized carbons (Fsp3) is 0.562. The number of hydrogen-bond donors (Lipinski definition) is 0. The standard InChI is InChI=1S/C16H23ClN2O3/c1-21-15-4-3-13(16(20)22-2)11-14(15)19-8-5-18(12-17,6-9-19)7-10-19/h3-4,11H,5-10,12H2,1-2H3/q+2. The molecule has 0 N–H and O–H groups in total. The lowest BCUT2D eigenvalue weighted by Gasteiger charge is -2.54. The molecule has 0 amide bonds. The predicted octanol–water partition coefficient (Wildman–Crippen LogP) is 1.83. The van der Waals surface area contributed by atoms with Crippen molar-refractivity contribution < 1.29 is 18.8 Å². The molecule has 1 aromatic rings. The monoisotopic (exact) mass is 326 g/mol. The Hall–Kier alpha value is -1.30. The molecule has 0 aliphatic carbocycles. The molecule has 0 saturated carbocycles. The van der Waals surface area contributed by atoms with Gasteiger partial charge in [-0.2, -0.15) is 0 Å². The summed E-state index contributed by atoms with van der Waals surface area (Å²) in [5.41, 5.74) is 1.68. The molecule has 0 radical (unpaired) electrons. The second kappa shape index (κ2) is 5.72. The normalized spacial score (nSPS) is 30.1. The summed E-state index contributed by atoms with van der Waals surface area (Å²) in [4.78, 5) is 11.9. The first kappa shape index (κ1) is 15.6. The van der Waals surface area contributed by atoms with Crippen LogP contribution < -0.4 is 9.22 Å². The van der Waals surface area contributed by atoms with Crippen LogP contribution in [0.4, 0.5) is 5.69 Å². The summed E-state index contributed by atoms with van der Waals surface area (Å²) in [6.45, 7) is 6.34. The third-order valence-electron chi connectivity index (χ3n) is 5.37. The third-order valence-corrected chi connectivity index (χ3v) is 5.88. The van der Waals surface area contributed by atoms with Gasteiger partial charge in [-0.25, -0.2) is 4.79 Å². The van der Waals surface area contributed by atoms with Crippen LogP contribution in [0.25, 0.3) is 0 Å². The van der Waals surface area contributed by atoms with Crippen LogP contribution in [0.3, 0.4) is 0 Å². The van der Waals surface area contributed by atoms with Crippen molar-refractivity contribution in [2.24, 2.45) is 0 Å². The Labute approximate surface area is 136 Å². The van der Waals surface area contributed by atoms with Crippen molar-refractivity contribution in [1.29, 1.82) is 0 Å². The van der Waals surface area contributed by atoms with Gasteiger partial charge < -0.3 is 9.47 Å². The Kier molecular flexibility index (Phi) is 4.05. The number of fused-ring (bicyclic) bond motifs is 3. The van der Waals surface area contributed by atoms with Crippen LogP contribution >= 0.6 is 11.6 Å². The Morgan fingerprint density at radius 2 is 1.77 bits per heavy atom. The van der Waals surface area contributed by atoms with Crippen LogP contribution in [0.2, 0.25) is 0 Å². The second-order valence-corrected chi connectivity index (χ2v) is 6.57. The molecule has 3 saturated heterocycles. The highest BCUT2D eigenvalue weighted by atomic mass is 35.5. The summed E-state index contributed by atoms with van der Waals surface area (Å²) in [7, 11) is 3.09. The fourth-order valence-corrected chi connectivity index (χ4v) is 4.09. The summed E-state index contributed by atoms with van der Waals surface area (Å²) < 4.78 is 12.3. The fourth-order valence-electron chi connectivity index (χ4n) is 3.73. The van der Waals surface area contributed by atoms with E-state index in [0.717, 1.165) is 59.7 Å². The van der Waals surface area contributed by atoms with Gasteiger partial charge in [0, 0.05) is 6.07 Å². The molecule has 3 aliphatic rings. The molecule has 6 heteroatoms. The summed E-state index contributed by atoms with van der Waals surface area (Å²) >= 11 is 6.18. The van der Waals surface area contributed by atoms with Gasteiger partial charge in [0.2, 0.25) is 0 Å². The molecule has 120 valence electrons. The number of carbonyl (C=O) groups is 1. The number of methoxy groups -OCH3 is 2. The molecule has 0 aromatic heterocycles. The molecule has 0 unspecified atom stereocenters. The minimum absolute atomic E-state index is 0.304. The number of piperazine rings is 3. The number of nitrogens with zero attached hydrogens (tertiary/aromatic N) is 2. The number of hydrogen-bond acceptors (Lipinski definition) is 3. The average molecular weight is 327 g/mol. The van der Waals surface area contributed by atoms with Crippen molar-refractivity contribution in [3.05, 3.63) is 23.8 Å². The maximum Gasteiger partial charge on any atom is 0.338 e. The molecule has 0 atom stereocenters. The van der Waals surface area contributed by atoms with Crippen LogP contribution in [0.5, 0.6) is 5.75 Å². The van der Waals surface area contributed by atoms with Crippen molar-refractivity contribution in [1.82, 2.24) is 4.48 Å². The molecular formula is C16H23ClN2O3+2. The van der Waals surface area contributed by atoms with Crippen LogP contribution in [0, 0.1) is 0 Å². The summed E-state index contributed by atoms with van der Waals surface area (Å²) in [5, 5.41) is 0. The maximum atomic E-state index is 11.9. The SMILES string of the molecule is COC(=O)c1ccc(OC)c([N+]23CC[N+](CCl)(CC2)CC3)c1. The van der Waals surface area contributed by atoms with Gasteiger partial charge in [0.15, 0.2) is 17.4 Å². The van der Waals surface area contributed by atoms with Crippen molar-refractivity contribution in [2.75, 3.05) is 59.5 Å². The van der Waals surface area contributed by atoms with Crippen LogP contribution in [0.1, 0.15) is 10.4 Å². The number of carbonyl (C=O) groups excluding carboxylic acids is 1. The number of esters is 1. The van der Waals surface area contributed by atoms with Gasteiger partial charge in [0.25, 0.3) is 0 Å². The van der Waals surface area contributed by atoms with Gasteiger partial charge in [-0.1, -0.05) is 11.6 Å². The summed E-state index contributed by atoms with van der Waals surface area (Å²) in [5.74, 6) is 0.544. The molecule has 3 aliphatic heterocycles. The molecule has 22 heavy (non-hydrogen) atoms. The molecule has 0 spiro atoms. The zero-order valence-corrected chi connectivity index (χ0v) is 13.9. The third kappa shape index (κ3) is 2.37. The first-order valence-electron chi connectivity index (χ1n) is 7.62.